The van der Waals surface area contributed by atoms with Crippen molar-refractivity contribution in [2.45, 2.75) is 25.6 Å². The predicted molar refractivity (Wildman–Crippen MR) is 62.0 cm³/mol. The Morgan fingerprint density at radius 1 is 1.26 bits per heavy atom. The van der Waals surface area contributed by atoms with Crippen molar-refractivity contribution in [2.75, 3.05) is 7.11 Å². The molecule has 4 nitrogen and oxygen atoms in total. The summed E-state index contributed by atoms with van der Waals surface area (Å²) in [7, 11) is 1.29. The van der Waals surface area contributed by atoms with Gasteiger partial charge in [0, 0.05) is 6.20 Å². The second kappa shape index (κ2) is 4.12. The molecule has 2 aromatic heterocycles. The van der Waals surface area contributed by atoms with Crippen LogP contribution < -0.4 is 4.74 Å². The maximum Gasteiger partial charge on any atom is 0.420 e. The average molecular weight is 274 g/mol. The number of hydrogen-bond donors (Lipinski definition) is 1. The molecule has 2 rings (SSSR count). The highest BCUT2D eigenvalue weighted by Crippen LogP contribution is 2.35. The SMILES string of the molecule is COc1cc(C(F)(F)F)c2nc(C(C)(C)O)cn2c1. The van der Waals surface area contributed by atoms with Gasteiger partial charge in [-0.05, 0) is 19.9 Å². The van der Waals surface area contributed by atoms with Crippen molar-refractivity contribution >= 4 is 5.65 Å². The predicted octanol–water partition coefficient (Wildman–Crippen LogP) is 2.59. The summed E-state index contributed by atoms with van der Waals surface area (Å²) in [5.74, 6) is 0.0690. The minimum atomic E-state index is -4.54. The van der Waals surface area contributed by atoms with Crippen LogP contribution in [0.25, 0.3) is 5.65 Å². The third-order valence-electron chi connectivity index (χ3n) is 2.69. The molecule has 2 heterocycles. The minimum Gasteiger partial charge on any atom is -0.495 e. The van der Waals surface area contributed by atoms with E-state index in [2.05, 4.69) is 4.98 Å². The normalized spacial score (nSPS) is 13.0. The van der Waals surface area contributed by atoms with Crippen molar-refractivity contribution in [3.8, 4) is 5.75 Å². The molecule has 7 heteroatoms. The monoisotopic (exact) mass is 274 g/mol. The summed E-state index contributed by atoms with van der Waals surface area (Å²) in [6.45, 7) is 2.92. The number of aromatic nitrogens is 2. The molecule has 0 fully saturated rings. The van der Waals surface area contributed by atoms with Crippen molar-refractivity contribution < 1.29 is 23.0 Å². The summed E-state index contributed by atoms with van der Waals surface area (Å²) in [5, 5.41) is 9.82. The van der Waals surface area contributed by atoms with Gasteiger partial charge < -0.3 is 14.2 Å². The molecule has 1 N–H and O–H groups in total. The first-order chi connectivity index (χ1) is 8.63. The molecule has 104 valence electrons. The molecule has 0 saturated heterocycles. The number of hydrogen-bond acceptors (Lipinski definition) is 3. The summed E-state index contributed by atoms with van der Waals surface area (Å²) in [5.41, 5.74) is -2.32. The molecule has 2 aromatic rings. The maximum absolute atomic E-state index is 13.0. The summed E-state index contributed by atoms with van der Waals surface area (Å²) in [6.07, 6.45) is -1.81. The highest BCUT2D eigenvalue weighted by atomic mass is 19.4. The quantitative estimate of drug-likeness (QED) is 0.915. The fourth-order valence-electron chi connectivity index (χ4n) is 1.69. The van der Waals surface area contributed by atoms with Crippen molar-refractivity contribution in [3.63, 3.8) is 0 Å². The van der Waals surface area contributed by atoms with E-state index in [0.29, 0.717) is 0 Å². The first-order valence-corrected chi connectivity index (χ1v) is 5.49. The van der Waals surface area contributed by atoms with Crippen molar-refractivity contribution in [1.29, 1.82) is 0 Å². The van der Waals surface area contributed by atoms with Gasteiger partial charge in [0.2, 0.25) is 0 Å². The molecule has 0 saturated carbocycles. The number of fused-ring (bicyclic) bond motifs is 1. The minimum absolute atomic E-state index is 0.0690. The standard InChI is InChI=1S/C12H13F3N2O2/c1-11(2,18)9-6-17-5-7(19-3)4-8(10(17)16-9)12(13,14)15/h4-6,18H,1-3H3. The van der Waals surface area contributed by atoms with E-state index in [-0.39, 0.29) is 17.1 Å². The molecule has 0 amide bonds. The molecule has 0 aliphatic rings. The number of ether oxygens (including phenoxy) is 1. The van der Waals surface area contributed by atoms with E-state index in [4.69, 9.17) is 4.74 Å². The van der Waals surface area contributed by atoms with Gasteiger partial charge in [0.25, 0.3) is 0 Å². The molecule has 0 atom stereocenters. The Kier molecular flexibility index (Phi) is 2.97. The largest absolute Gasteiger partial charge is 0.495 e. The number of methoxy groups -OCH3 is 1. The summed E-state index contributed by atoms with van der Waals surface area (Å²) in [6, 6.07) is 0.885. The van der Waals surface area contributed by atoms with Crippen LogP contribution in [0.15, 0.2) is 18.5 Å². The van der Waals surface area contributed by atoms with E-state index in [1.54, 1.807) is 0 Å². The van der Waals surface area contributed by atoms with Gasteiger partial charge in [0.05, 0.1) is 19.0 Å². The summed E-state index contributed by atoms with van der Waals surface area (Å²) < 4.78 is 45.0. The number of nitrogens with zero attached hydrogens (tertiary/aromatic N) is 2. The van der Waals surface area contributed by atoms with Crippen LogP contribution in [0.2, 0.25) is 0 Å². The van der Waals surface area contributed by atoms with Crippen LogP contribution in [-0.2, 0) is 11.8 Å². The van der Waals surface area contributed by atoms with Crippen LogP contribution in [-0.4, -0.2) is 21.6 Å². The van der Waals surface area contributed by atoms with Crippen LogP contribution in [0.5, 0.6) is 5.75 Å². The van der Waals surface area contributed by atoms with Gasteiger partial charge in [-0.1, -0.05) is 0 Å². The lowest BCUT2D eigenvalue weighted by Crippen LogP contribution is -2.15. The van der Waals surface area contributed by atoms with Crippen molar-refractivity contribution in [2.24, 2.45) is 0 Å². The fraction of sp³-hybridized carbons (Fsp3) is 0.417. The lowest BCUT2D eigenvalue weighted by molar-refractivity contribution is -0.136. The Labute approximate surface area is 107 Å². The Bertz CT molecular complexity index is 612. The third kappa shape index (κ3) is 2.51. The van der Waals surface area contributed by atoms with Gasteiger partial charge in [-0.25, -0.2) is 4.98 Å². The molecule has 0 aliphatic heterocycles. The molecular weight excluding hydrogens is 261 g/mol. The van der Waals surface area contributed by atoms with Gasteiger partial charge >= 0.3 is 6.18 Å². The maximum atomic E-state index is 13.0. The number of halogens is 3. The molecule has 0 bridgehead atoms. The van der Waals surface area contributed by atoms with E-state index in [0.717, 1.165) is 6.07 Å². The van der Waals surface area contributed by atoms with Crippen LogP contribution in [0.1, 0.15) is 25.1 Å². The van der Waals surface area contributed by atoms with Gasteiger partial charge in [-0.3, -0.25) is 0 Å². The molecule has 19 heavy (non-hydrogen) atoms. The van der Waals surface area contributed by atoms with Gasteiger partial charge in [0.1, 0.15) is 22.6 Å². The highest BCUT2D eigenvalue weighted by Gasteiger charge is 2.35. The summed E-state index contributed by atoms with van der Waals surface area (Å²) >= 11 is 0. The molecule has 0 radical (unpaired) electrons. The fourth-order valence-corrected chi connectivity index (χ4v) is 1.69. The number of aliphatic hydroxyl groups is 1. The Morgan fingerprint density at radius 3 is 2.37 bits per heavy atom. The van der Waals surface area contributed by atoms with Crippen LogP contribution in [0, 0.1) is 0 Å². The van der Waals surface area contributed by atoms with Gasteiger partial charge in [0.15, 0.2) is 0 Å². The summed E-state index contributed by atoms with van der Waals surface area (Å²) in [4.78, 5) is 3.86. The van der Waals surface area contributed by atoms with Gasteiger partial charge in [-0.15, -0.1) is 0 Å². The molecule has 0 aromatic carbocycles. The Hall–Kier alpha value is -1.76. The zero-order valence-electron chi connectivity index (χ0n) is 10.6. The topological polar surface area (TPSA) is 46.8 Å². The van der Waals surface area contributed by atoms with E-state index < -0.39 is 17.3 Å². The second-order valence-electron chi connectivity index (χ2n) is 4.71. The zero-order chi connectivity index (χ0) is 14.4. The van der Waals surface area contributed by atoms with Crippen molar-refractivity contribution in [1.82, 2.24) is 9.38 Å². The number of alkyl halides is 3. The molecule has 0 aliphatic carbocycles. The smallest absolute Gasteiger partial charge is 0.420 e. The molecule has 0 unspecified atom stereocenters. The second-order valence-corrected chi connectivity index (χ2v) is 4.71. The van der Waals surface area contributed by atoms with E-state index >= 15 is 0 Å². The Balaban J connectivity index is 2.76. The molecular formula is C12H13F3N2O2. The highest BCUT2D eigenvalue weighted by molar-refractivity contribution is 5.54. The first kappa shape index (κ1) is 13.7. The van der Waals surface area contributed by atoms with Crippen LogP contribution in [0.4, 0.5) is 13.2 Å². The average Bonchev–Trinajstić information content (AvgIpc) is 2.69. The van der Waals surface area contributed by atoms with Gasteiger partial charge in [-0.2, -0.15) is 13.2 Å². The lowest BCUT2D eigenvalue weighted by atomic mass is 10.1. The lowest BCUT2D eigenvalue weighted by Gasteiger charge is -2.12. The van der Waals surface area contributed by atoms with E-state index in [1.807, 2.05) is 0 Å². The van der Waals surface area contributed by atoms with Crippen molar-refractivity contribution in [3.05, 3.63) is 29.7 Å². The van der Waals surface area contributed by atoms with Crippen LogP contribution >= 0.6 is 0 Å². The number of pyridine rings is 1. The Morgan fingerprint density at radius 2 is 1.89 bits per heavy atom. The number of rotatable bonds is 2. The first-order valence-electron chi connectivity index (χ1n) is 5.49. The number of imidazole rings is 1. The molecule has 0 spiro atoms. The van der Waals surface area contributed by atoms with Crippen LogP contribution in [0.3, 0.4) is 0 Å². The zero-order valence-corrected chi connectivity index (χ0v) is 10.6. The van der Waals surface area contributed by atoms with E-state index in [1.165, 1.54) is 37.8 Å². The third-order valence-corrected chi connectivity index (χ3v) is 2.69. The van der Waals surface area contributed by atoms with E-state index in [9.17, 15) is 18.3 Å².